The van der Waals surface area contributed by atoms with Gasteiger partial charge in [-0.1, -0.05) is 18.2 Å². The number of aromatic amines is 1. The predicted octanol–water partition coefficient (Wildman–Crippen LogP) is 3.35. The molecule has 0 aliphatic heterocycles. The minimum Gasteiger partial charge on any atom is -0.336 e. The number of imidazole rings is 1. The molecule has 1 heterocycles. The van der Waals surface area contributed by atoms with Gasteiger partial charge in [0, 0.05) is 17.3 Å². The molecule has 25 heavy (non-hydrogen) atoms. The summed E-state index contributed by atoms with van der Waals surface area (Å²) in [4.78, 5) is 31.5. The van der Waals surface area contributed by atoms with Gasteiger partial charge in [-0.3, -0.25) is 10.1 Å². The lowest BCUT2D eigenvalue weighted by Crippen LogP contribution is -2.34. The van der Waals surface area contributed by atoms with Gasteiger partial charge in [-0.15, -0.1) is 0 Å². The summed E-state index contributed by atoms with van der Waals surface area (Å²) >= 11 is 0. The van der Waals surface area contributed by atoms with Crippen LogP contribution in [-0.4, -0.2) is 27.9 Å². The molecule has 4 N–H and O–H groups in total. The highest BCUT2D eigenvalue weighted by Gasteiger charge is 2.11. The summed E-state index contributed by atoms with van der Waals surface area (Å²) in [5.41, 5.74) is 2.58. The van der Waals surface area contributed by atoms with Gasteiger partial charge in [-0.25, -0.2) is 9.78 Å². The number of carbonyl (C=O) groups excluding carboxylic acids is 2. The molecule has 0 spiro atoms. The van der Waals surface area contributed by atoms with Crippen LogP contribution in [0.5, 0.6) is 0 Å². The normalized spacial score (nSPS) is 10.7. The second kappa shape index (κ2) is 7.04. The van der Waals surface area contributed by atoms with Crippen LogP contribution in [0.3, 0.4) is 0 Å². The molecule has 0 aliphatic carbocycles. The van der Waals surface area contributed by atoms with Crippen molar-refractivity contribution < 1.29 is 9.59 Å². The van der Waals surface area contributed by atoms with Crippen LogP contribution in [-0.2, 0) is 0 Å². The number of hydrogen-bond donors (Lipinski definition) is 4. The lowest BCUT2D eigenvalue weighted by molar-refractivity contribution is 0.102. The lowest BCUT2D eigenvalue weighted by atomic mass is 10.2. The lowest BCUT2D eigenvalue weighted by Gasteiger charge is -2.11. The van der Waals surface area contributed by atoms with Gasteiger partial charge in [0.2, 0.25) is 5.95 Å². The molecule has 0 radical (unpaired) electrons. The summed E-state index contributed by atoms with van der Waals surface area (Å²) in [6.07, 6.45) is 0. The zero-order valence-corrected chi connectivity index (χ0v) is 14.0. The van der Waals surface area contributed by atoms with Gasteiger partial charge in [0.15, 0.2) is 0 Å². The van der Waals surface area contributed by atoms with Crippen LogP contribution in [0.2, 0.25) is 0 Å². The highest BCUT2D eigenvalue weighted by atomic mass is 16.2. The number of H-pyrrole nitrogens is 1. The minimum absolute atomic E-state index is 0.0274. The summed E-state index contributed by atoms with van der Waals surface area (Å²) in [6, 6.07) is 13.9. The number of hydrogen-bond acceptors (Lipinski definition) is 3. The molecule has 0 aliphatic rings. The Labute approximate surface area is 144 Å². The van der Waals surface area contributed by atoms with E-state index in [1.807, 2.05) is 38.1 Å². The highest BCUT2D eigenvalue weighted by molar-refractivity contribution is 6.05. The van der Waals surface area contributed by atoms with Crippen LogP contribution < -0.4 is 16.0 Å². The smallest absolute Gasteiger partial charge is 0.319 e. The fraction of sp³-hybridized carbons (Fsp3) is 0.167. The molecule has 128 valence electrons. The molecule has 0 unspecified atom stereocenters. The number of urea groups is 1. The van der Waals surface area contributed by atoms with Crippen LogP contribution in [0.4, 0.5) is 16.4 Å². The van der Waals surface area contributed by atoms with Crippen molar-refractivity contribution in [1.29, 1.82) is 0 Å². The van der Waals surface area contributed by atoms with Crippen LogP contribution in [0, 0.1) is 0 Å². The molecule has 7 nitrogen and oxygen atoms in total. The number of amides is 3. The van der Waals surface area contributed by atoms with Gasteiger partial charge in [0.25, 0.3) is 5.91 Å². The topological polar surface area (TPSA) is 98.9 Å². The summed E-state index contributed by atoms with van der Waals surface area (Å²) in [7, 11) is 0. The van der Waals surface area contributed by atoms with E-state index < -0.39 is 0 Å². The first-order valence-electron chi connectivity index (χ1n) is 7.95. The first kappa shape index (κ1) is 16.5. The van der Waals surface area contributed by atoms with E-state index >= 15 is 0 Å². The third-order valence-corrected chi connectivity index (χ3v) is 3.42. The number of benzene rings is 2. The molecule has 3 amide bonds. The fourth-order valence-corrected chi connectivity index (χ4v) is 2.36. The average molecular weight is 337 g/mol. The second-order valence-electron chi connectivity index (χ2n) is 5.89. The Hall–Kier alpha value is -3.35. The first-order chi connectivity index (χ1) is 12.0. The van der Waals surface area contributed by atoms with Crippen molar-refractivity contribution in [3.05, 3.63) is 54.1 Å². The number of para-hydroxylation sites is 2. The van der Waals surface area contributed by atoms with E-state index in [1.54, 1.807) is 24.3 Å². The van der Waals surface area contributed by atoms with Gasteiger partial charge < -0.3 is 15.6 Å². The minimum atomic E-state index is -0.315. The number of carbonyl (C=O) groups is 2. The number of fused-ring (bicyclic) bond motifs is 1. The van der Waals surface area contributed by atoms with Crippen LogP contribution in [0.15, 0.2) is 48.5 Å². The van der Waals surface area contributed by atoms with E-state index in [0.29, 0.717) is 17.2 Å². The van der Waals surface area contributed by atoms with Gasteiger partial charge in [0.1, 0.15) is 0 Å². The maximum atomic E-state index is 12.4. The number of nitrogens with zero attached hydrogens (tertiary/aromatic N) is 1. The molecule has 0 bridgehead atoms. The molecule has 0 saturated heterocycles. The van der Waals surface area contributed by atoms with Crippen molar-refractivity contribution in [3.63, 3.8) is 0 Å². The van der Waals surface area contributed by atoms with Gasteiger partial charge >= 0.3 is 6.03 Å². The Morgan fingerprint density at radius 1 is 1.04 bits per heavy atom. The summed E-state index contributed by atoms with van der Waals surface area (Å²) < 4.78 is 0. The van der Waals surface area contributed by atoms with E-state index in [2.05, 4.69) is 25.9 Å². The quantitative estimate of drug-likeness (QED) is 0.587. The van der Waals surface area contributed by atoms with Crippen molar-refractivity contribution in [2.24, 2.45) is 0 Å². The Morgan fingerprint density at radius 3 is 2.60 bits per heavy atom. The monoisotopic (exact) mass is 337 g/mol. The van der Waals surface area contributed by atoms with E-state index in [-0.39, 0.29) is 18.0 Å². The molecule has 0 saturated carbocycles. The van der Waals surface area contributed by atoms with Crippen molar-refractivity contribution in [1.82, 2.24) is 15.3 Å². The Morgan fingerprint density at radius 2 is 1.84 bits per heavy atom. The van der Waals surface area contributed by atoms with Gasteiger partial charge in [-0.2, -0.15) is 0 Å². The molecular formula is C18H19N5O2. The summed E-state index contributed by atoms with van der Waals surface area (Å²) in [5.74, 6) is 0.0640. The standard InChI is InChI=1S/C18H19N5O2/c1-11(2)19-18(25)20-13-7-5-6-12(10-13)16(24)23-17-21-14-8-3-4-9-15(14)22-17/h3-11H,1-2H3,(H2,19,20,25)(H2,21,22,23,24). The molecule has 0 fully saturated rings. The van der Waals surface area contributed by atoms with Crippen LogP contribution >= 0.6 is 0 Å². The maximum absolute atomic E-state index is 12.4. The number of rotatable bonds is 4. The average Bonchev–Trinajstić information content (AvgIpc) is 2.96. The number of aromatic nitrogens is 2. The SMILES string of the molecule is CC(C)NC(=O)Nc1cccc(C(=O)Nc2nc3ccccc3[nH]2)c1. The Balaban J connectivity index is 1.71. The van der Waals surface area contributed by atoms with Crippen molar-refractivity contribution in [3.8, 4) is 0 Å². The molecule has 0 atom stereocenters. The molecule has 3 aromatic rings. The third kappa shape index (κ3) is 4.14. The molecular weight excluding hydrogens is 318 g/mol. The zero-order valence-electron chi connectivity index (χ0n) is 14.0. The van der Waals surface area contributed by atoms with E-state index in [0.717, 1.165) is 11.0 Å². The van der Waals surface area contributed by atoms with E-state index in [1.165, 1.54) is 0 Å². The van der Waals surface area contributed by atoms with E-state index in [9.17, 15) is 9.59 Å². The highest BCUT2D eigenvalue weighted by Crippen LogP contribution is 2.15. The van der Waals surface area contributed by atoms with Crippen molar-refractivity contribution >= 4 is 34.6 Å². The van der Waals surface area contributed by atoms with Crippen LogP contribution in [0.25, 0.3) is 11.0 Å². The van der Waals surface area contributed by atoms with E-state index in [4.69, 9.17) is 0 Å². The number of nitrogens with one attached hydrogen (secondary N) is 4. The zero-order chi connectivity index (χ0) is 17.8. The predicted molar refractivity (Wildman–Crippen MR) is 97.8 cm³/mol. The fourth-order valence-electron chi connectivity index (χ4n) is 2.36. The van der Waals surface area contributed by atoms with Crippen molar-refractivity contribution in [2.45, 2.75) is 19.9 Å². The summed E-state index contributed by atoms with van der Waals surface area (Å²) in [6.45, 7) is 3.74. The number of anilines is 2. The largest absolute Gasteiger partial charge is 0.336 e. The molecule has 2 aromatic carbocycles. The summed E-state index contributed by atoms with van der Waals surface area (Å²) in [5, 5.41) is 8.16. The molecule has 7 heteroatoms. The van der Waals surface area contributed by atoms with Crippen molar-refractivity contribution in [2.75, 3.05) is 10.6 Å². The maximum Gasteiger partial charge on any atom is 0.319 e. The Bertz CT molecular complexity index is 883. The molecule has 1 aromatic heterocycles. The van der Waals surface area contributed by atoms with Gasteiger partial charge in [0.05, 0.1) is 11.0 Å². The second-order valence-corrected chi connectivity index (χ2v) is 5.89. The molecule has 3 rings (SSSR count). The Kier molecular flexibility index (Phi) is 4.65. The van der Waals surface area contributed by atoms with Crippen LogP contribution in [0.1, 0.15) is 24.2 Å². The third-order valence-electron chi connectivity index (χ3n) is 3.42. The van der Waals surface area contributed by atoms with Gasteiger partial charge in [-0.05, 0) is 44.2 Å². The first-order valence-corrected chi connectivity index (χ1v) is 7.95.